The van der Waals surface area contributed by atoms with Crippen LogP contribution in [0, 0.1) is 25.7 Å². The number of hydrogen-bond donors (Lipinski definition) is 1. The first-order chi connectivity index (χ1) is 8.15. The highest BCUT2D eigenvalue weighted by Gasteiger charge is 2.42. The number of aromatic nitrogens is 2. The Balaban J connectivity index is 1.85. The Morgan fingerprint density at radius 2 is 2.12 bits per heavy atom. The lowest BCUT2D eigenvalue weighted by Crippen LogP contribution is -2.26. The summed E-state index contributed by atoms with van der Waals surface area (Å²) in [6.07, 6.45) is 3.83. The molecule has 0 aromatic carbocycles. The molecule has 3 rings (SSSR count). The molecule has 3 unspecified atom stereocenters. The van der Waals surface area contributed by atoms with E-state index < -0.39 is 0 Å². The maximum atomic E-state index is 9.93. The molecule has 2 heterocycles. The van der Waals surface area contributed by atoms with E-state index >= 15 is 0 Å². The molecule has 4 nitrogen and oxygen atoms in total. The van der Waals surface area contributed by atoms with E-state index in [9.17, 15) is 5.11 Å². The quantitative estimate of drug-likeness (QED) is 0.794. The lowest BCUT2D eigenvalue weighted by Gasteiger charge is -2.21. The number of aryl methyl sites for hydroxylation is 2. The van der Waals surface area contributed by atoms with Gasteiger partial charge in [0, 0.05) is 25.2 Å². The normalized spacial score (nSPS) is 31.9. The Hall–Kier alpha value is -1.16. The van der Waals surface area contributed by atoms with Gasteiger partial charge < -0.3 is 10.0 Å². The zero-order chi connectivity index (χ0) is 12.0. The summed E-state index contributed by atoms with van der Waals surface area (Å²) in [4.78, 5) is 11.3. The van der Waals surface area contributed by atoms with E-state index in [4.69, 9.17) is 0 Å². The van der Waals surface area contributed by atoms with Gasteiger partial charge in [-0.15, -0.1) is 0 Å². The third-order valence-electron chi connectivity index (χ3n) is 4.17. The summed E-state index contributed by atoms with van der Waals surface area (Å²) in [7, 11) is 0. The topological polar surface area (TPSA) is 49.2 Å². The Morgan fingerprint density at radius 1 is 1.29 bits per heavy atom. The van der Waals surface area contributed by atoms with Crippen molar-refractivity contribution in [2.45, 2.75) is 32.8 Å². The van der Waals surface area contributed by atoms with Crippen molar-refractivity contribution in [2.24, 2.45) is 11.8 Å². The number of fused-ring (bicyclic) bond motifs is 1. The van der Waals surface area contributed by atoms with Gasteiger partial charge in [0.15, 0.2) is 0 Å². The molecule has 1 aliphatic carbocycles. The van der Waals surface area contributed by atoms with Crippen LogP contribution in [0.3, 0.4) is 0 Å². The summed E-state index contributed by atoms with van der Waals surface area (Å²) >= 11 is 0. The van der Waals surface area contributed by atoms with Crippen LogP contribution in [-0.4, -0.2) is 34.3 Å². The molecule has 4 heteroatoms. The SMILES string of the molecule is Cc1cnc(C)c(N2CC3CCC(O)C3C2)n1. The van der Waals surface area contributed by atoms with Gasteiger partial charge in [-0.1, -0.05) is 0 Å². The first kappa shape index (κ1) is 11.0. The van der Waals surface area contributed by atoms with Crippen LogP contribution in [0.1, 0.15) is 24.2 Å². The standard InChI is InChI=1S/C13H19N3O/c1-8-5-14-9(2)13(15-8)16-6-10-3-4-12(17)11(10)7-16/h5,10-12,17H,3-4,6-7H2,1-2H3. The van der Waals surface area contributed by atoms with E-state index in [2.05, 4.69) is 14.9 Å². The summed E-state index contributed by atoms with van der Waals surface area (Å²) in [5.74, 6) is 2.09. The van der Waals surface area contributed by atoms with Gasteiger partial charge in [-0.2, -0.15) is 0 Å². The van der Waals surface area contributed by atoms with Gasteiger partial charge in [0.1, 0.15) is 5.82 Å². The minimum Gasteiger partial charge on any atom is -0.393 e. The fraction of sp³-hybridized carbons (Fsp3) is 0.692. The highest BCUT2D eigenvalue weighted by atomic mass is 16.3. The van der Waals surface area contributed by atoms with Crippen molar-refractivity contribution in [1.82, 2.24) is 9.97 Å². The molecular weight excluding hydrogens is 214 g/mol. The molecule has 0 radical (unpaired) electrons. The van der Waals surface area contributed by atoms with Gasteiger partial charge >= 0.3 is 0 Å². The average molecular weight is 233 g/mol. The van der Waals surface area contributed by atoms with E-state index in [0.29, 0.717) is 11.8 Å². The van der Waals surface area contributed by atoms with Crippen molar-refractivity contribution < 1.29 is 5.11 Å². The second-order valence-electron chi connectivity index (χ2n) is 5.39. The van der Waals surface area contributed by atoms with Crippen LogP contribution in [0.4, 0.5) is 5.82 Å². The van der Waals surface area contributed by atoms with Crippen molar-refractivity contribution in [3.8, 4) is 0 Å². The lowest BCUT2D eigenvalue weighted by atomic mass is 10.00. The number of rotatable bonds is 1. The monoisotopic (exact) mass is 233 g/mol. The predicted octanol–water partition coefficient (Wildman–Crippen LogP) is 1.30. The third-order valence-corrected chi connectivity index (χ3v) is 4.17. The van der Waals surface area contributed by atoms with Crippen molar-refractivity contribution in [2.75, 3.05) is 18.0 Å². The number of nitrogens with zero attached hydrogens (tertiary/aromatic N) is 3. The molecule has 2 fully saturated rings. The Morgan fingerprint density at radius 3 is 2.88 bits per heavy atom. The molecule has 0 bridgehead atoms. The molecule has 1 saturated carbocycles. The minimum atomic E-state index is -0.108. The first-order valence-electron chi connectivity index (χ1n) is 6.38. The van der Waals surface area contributed by atoms with E-state index in [-0.39, 0.29) is 6.10 Å². The molecule has 17 heavy (non-hydrogen) atoms. The zero-order valence-electron chi connectivity index (χ0n) is 10.4. The van der Waals surface area contributed by atoms with E-state index in [0.717, 1.165) is 43.1 Å². The maximum Gasteiger partial charge on any atom is 0.150 e. The predicted molar refractivity (Wildman–Crippen MR) is 65.9 cm³/mol. The fourth-order valence-electron chi connectivity index (χ4n) is 3.23. The average Bonchev–Trinajstić information content (AvgIpc) is 2.85. The molecule has 1 saturated heterocycles. The molecule has 0 spiro atoms. The summed E-state index contributed by atoms with van der Waals surface area (Å²) in [5, 5.41) is 9.93. The van der Waals surface area contributed by atoms with Crippen LogP contribution in [0.2, 0.25) is 0 Å². The van der Waals surface area contributed by atoms with E-state index in [1.807, 2.05) is 20.0 Å². The molecule has 1 aromatic rings. The van der Waals surface area contributed by atoms with Crippen LogP contribution in [-0.2, 0) is 0 Å². The van der Waals surface area contributed by atoms with Crippen LogP contribution in [0.5, 0.6) is 0 Å². The van der Waals surface area contributed by atoms with Crippen LogP contribution in [0.15, 0.2) is 6.20 Å². The maximum absolute atomic E-state index is 9.93. The summed E-state index contributed by atoms with van der Waals surface area (Å²) in [6.45, 7) is 5.94. The second-order valence-corrected chi connectivity index (χ2v) is 5.39. The molecule has 0 amide bonds. The fourth-order valence-corrected chi connectivity index (χ4v) is 3.23. The number of aliphatic hydroxyl groups excluding tert-OH is 1. The van der Waals surface area contributed by atoms with Gasteiger partial charge in [-0.3, -0.25) is 4.98 Å². The summed E-state index contributed by atoms with van der Waals surface area (Å²) < 4.78 is 0. The molecule has 2 aliphatic rings. The Labute approximate surface area is 102 Å². The highest BCUT2D eigenvalue weighted by molar-refractivity contribution is 5.45. The number of anilines is 1. The summed E-state index contributed by atoms with van der Waals surface area (Å²) in [5.41, 5.74) is 1.95. The zero-order valence-corrected chi connectivity index (χ0v) is 10.4. The van der Waals surface area contributed by atoms with E-state index in [1.165, 1.54) is 0 Å². The molecule has 1 aliphatic heterocycles. The first-order valence-corrected chi connectivity index (χ1v) is 6.38. The largest absolute Gasteiger partial charge is 0.393 e. The summed E-state index contributed by atoms with van der Waals surface area (Å²) in [6, 6.07) is 0. The Kier molecular flexibility index (Phi) is 2.54. The van der Waals surface area contributed by atoms with Gasteiger partial charge in [-0.25, -0.2) is 4.98 Å². The van der Waals surface area contributed by atoms with Crippen LogP contribution >= 0.6 is 0 Å². The Bertz CT molecular complexity index is 435. The van der Waals surface area contributed by atoms with Gasteiger partial charge in [-0.05, 0) is 32.6 Å². The molecule has 92 valence electrons. The van der Waals surface area contributed by atoms with E-state index in [1.54, 1.807) is 0 Å². The molecule has 1 aromatic heterocycles. The van der Waals surface area contributed by atoms with Crippen LogP contribution in [0.25, 0.3) is 0 Å². The number of aliphatic hydroxyl groups is 1. The molecular formula is C13H19N3O. The minimum absolute atomic E-state index is 0.108. The van der Waals surface area contributed by atoms with Crippen molar-refractivity contribution in [3.05, 3.63) is 17.6 Å². The van der Waals surface area contributed by atoms with Gasteiger partial charge in [0.25, 0.3) is 0 Å². The van der Waals surface area contributed by atoms with Crippen molar-refractivity contribution in [3.63, 3.8) is 0 Å². The lowest BCUT2D eigenvalue weighted by molar-refractivity contribution is 0.133. The van der Waals surface area contributed by atoms with Crippen molar-refractivity contribution in [1.29, 1.82) is 0 Å². The highest BCUT2D eigenvalue weighted by Crippen LogP contribution is 2.39. The smallest absolute Gasteiger partial charge is 0.150 e. The molecule has 3 atom stereocenters. The van der Waals surface area contributed by atoms with Crippen LogP contribution < -0.4 is 4.90 Å². The molecule has 1 N–H and O–H groups in total. The number of hydrogen-bond acceptors (Lipinski definition) is 4. The third kappa shape index (κ3) is 1.80. The second kappa shape index (κ2) is 3.95. The van der Waals surface area contributed by atoms with Crippen molar-refractivity contribution >= 4 is 5.82 Å². The van der Waals surface area contributed by atoms with Gasteiger partial charge in [0.2, 0.25) is 0 Å². The van der Waals surface area contributed by atoms with Gasteiger partial charge in [0.05, 0.1) is 17.5 Å².